The second-order valence-electron chi connectivity index (χ2n) is 9.04. The zero-order valence-electron chi connectivity index (χ0n) is 21.8. The lowest BCUT2D eigenvalue weighted by Crippen LogP contribution is -2.40. The van der Waals surface area contributed by atoms with Gasteiger partial charge in [-0.25, -0.2) is 14.0 Å². The first-order chi connectivity index (χ1) is 20.0. The number of alkyl halides is 1. The molecular formula is C22H27FN5O12PS. The molecule has 0 saturated carbocycles. The lowest BCUT2D eigenvalue weighted by Gasteiger charge is -2.30. The molecule has 0 aliphatic carbocycles. The molecule has 2 saturated heterocycles. The van der Waals surface area contributed by atoms with Gasteiger partial charge in [-0.1, -0.05) is 0 Å². The van der Waals surface area contributed by atoms with E-state index in [0.717, 1.165) is 27.5 Å². The molecule has 42 heavy (non-hydrogen) atoms. The maximum Gasteiger partial charge on any atom is 0.330 e. The summed E-state index contributed by atoms with van der Waals surface area (Å²) in [4.78, 5) is 51.4. The zero-order valence-corrected chi connectivity index (χ0v) is 23.5. The van der Waals surface area contributed by atoms with Crippen molar-refractivity contribution >= 4 is 18.5 Å². The standard InChI is InChI=1S/C22H27FN5O12PS/c1-35-18-17(11(9-29)38-20(18)28-7-4-14(31)26-22(28)34)40-41(42,36-8-2-5-24)37-10-12-16(32)15(23)19(39-12)27-6-3-13(30)25-21(27)33/h3-4,6-7,11-12,15-20,29,32H,2,8-10H2,1H3,(H,25,30,33)(H,26,31,34)/t11-,12-,15?,16?,17?,18?,19-,20-,41?/m1/s1. The van der Waals surface area contributed by atoms with Crippen molar-refractivity contribution in [3.8, 4) is 6.07 Å². The van der Waals surface area contributed by atoms with Gasteiger partial charge in [-0.2, -0.15) is 5.26 Å². The van der Waals surface area contributed by atoms with E-state index in [2.05, 4.69) is 4.98 Å². The summed E-state index contributed by atoms with van der Waals surface area (Å²) in [7, 11) is 1.28. The third-order valence-electron chi connectivity index (χ3n) is 6.39. The molecule has 0 aromatic carbocycles. The third kappa shape index (κ3) is 6.84. The Kier molecular flexibility index (Phi) is 10.4. The van der Waals surface area contributed by atoms with Crippen LogP contribution in [0.25, 0.3) is 0 Å². The summed E-state index contributed by atoms with van der Waals surface area (Å²) in [5, 5.41) is 29.4. The first-order valence-electron chi connectivity index (χ1n) is 12.4. The fourth-order valence-corrected chi connectivity index (χ4v) is 6.49. The summed E-state index contributed by atoms with van der Waals surface area (Å²) >= 11 is 5.51. The average molecular weight is 636 g/mol. The van der Waals surface area contributed by atoms with Crippen molar-refractivity contribution in [2.24, 2.45) is 0 Å². The van der Waals surface area contributed by atoms with Crippen LogP contribution >= 0.6 is 6.72 Å². The van der Waals surface area contributed by atoms with Crippen LogP contribution in [0, 0.1) is 11.3 Å². The molecule has 4 rings (SSSR count). The monoisotopic (exact) mass is 635 g/mol. The second kappa shape index (κ2) is 13.6. The van der Waals surface area contributed by atoms with Crippen molar-refractivity contribution in [3.05, 3.63) is 66.2 Å². The van der Waals surface area contributed by atoms with Crippen LogP contribution in [0.15, 0.2) is 43.7 Å². The van der Waals surface area contributed by atoms with Crippen LogP contribution in [0.2, 0.25) is 0 Å². The summed E-state index contributed by atoms with van der Waals surface area (Å²) in [6, 6.07) is 3.92. The SMILES string of the molecule is COC1C(OP(=S)(OCCC#N)OC[C@H]2O[C@@H](n3ccc(=O)[nH]c3=O)C(F)C2O)[C@@H](CO)O[C@H]1n1ccc(=O)[nH]c1=O. The second-order valence-corrected chi connectivity index (χ2v) is 12.0. The topological polar surface area (TPSA) is 229 Å². The van der Waals surface area contributed by atoms with Crippen molar-refractivity contribution in [3.63, 3.8) is 0 Å². The van der Waals surface area contributed by atoms with Crippen molar-refractivity contribution in [2.75, 3.05) is 26.9 Å². The van der Waals surface area contributed by atoms with Crippen molar-refractivity contribution < 1.29 is 42.4 Å². The highest BCUT2D eigenvalue weighted by molar-refractivity contribution is 8.07. The highest BCUT2D eigenvalue weighted by Gasteiger charge is 2.51. The number of aliphatic hydroxyl groups excluding tert-OH is 2. The van der Waals surface area contributed by atoms with Crippen LogP contribution in [0.3, 0.4) is 0 Å². The summed E-state index contributed by atoms with van der Waals surface area (Å²) in [5.74, 6) is 0. The quantitative estimate of drug-likeness (QED) is 0.148. The van der Waals surface area contributed by atoms with Gasteiger partial charge in [0.15, 0.2) is 18.6 Å². The minimum atomic E-state index is -3.91. The number of hydrogen-bond donors (Lipinski definition) is 4. The van der Waals surface area contributed by atoms with E-state index in [1.54, 1.807) is 0 Å². The predicted octanol–water partition coefficient (Wildman–Crippen LogP) is -1.86. The Hall–Kier alpha value is -2.89. The van der Waals surface area contributed by atoms with Gasteiger partial charge >= 0.3 is 18.1 Å². The molecule has 20 heteroatoms. The number of methoxy groups -OCH3 is 1. The Morgan fingerprint density at radius 3 is 2.19 bits per heavy atom. The number of hydrogen-bond acceptors (Lipinski definition) is 14. The third-order valence-corrected chi connectivity index (χ3v) is 8.75. The van der Waals surface area contributed by atoms with E-state index in [4.69, 9.17) is 44.9 Å². The Morgan fingerprint density at radius 1 is 1.05 bits per heavy atom. The largest absolute Gasteiger partial charge is 0.394 e. The molecule has 2 aliphatic heterocycles. The van der Waals surface area contributed by atoms with Gasteiger partial charge in [-0.05, 0) is 11.8 Å². The molecule has 2 fully saturated rings. The van der Waals surface area contributed by atoms with Gasteiger partial charge in [-0.3, -0.25) is 33.2 Å². The molecule has 9 atom stereocenters. The molecule has 0 spiro atoms. The predicted molar refractivity (Wildman–Crippen MR) is 141 cm³/mol. The normalized spacial score (nSPS) is 30.6. The molecule has 5 unspecified atom stereocenters. The lowest BCUT2D eigenvalue weighted by atomic mass is 10.1. The number of rotatable bonds is 12. The molecule has 2 aromatic heterocycles. The van der Waals surface area contributed by atoms with Gasteiger partial charge in [0.2, 0.25) is 0 Å². The van der Waals surface area contributed by atoms with E-state index < -0.39 is 91.6 Å². The maximum atomic E-state index is 14.9. The van der Waals surface area contributed by atoms with Gasteiger partial charge in [0.05, 0.1) is 32.3 Å². The molecule has 4 N–H and O–H groups in total. The number of ether oxygens (including phenoxy) is 3. The molecule has 4 heterocycles. The van der Waals surface area contributed by atoms with Gasteiger partial charge in [0.1, 0.15) is 30.5 Å². The number of aromatic amines is 2. The van der Waals surface area contributed by atoms with E-state index in [9.17, 15) is 33.8 Å². The number of nitrogens with zero attached hydrogens (tertiary/aromatic N) is 3. The van der Waals surface area contributed by atoms with E-state index in [1.165, 1.54) is 13.3 Å². The fourth-order valence-electron chi connectivity index (χ4n) is 4.39. The van der Waals surface area contributed by atoms with Gasteiger partial charge in [0.25, 0.3) is 11.1 Å². The van der Waals surface area contributed by atoms with Crippen molar-refractivity contribution in [1.82, 2.24) is 19.1 Å². The van der Waals surface area contributed by atoms with E-state index in [-0.39, 0.29) is 13.0 Å². The minimum Gasteiger partial charge on any atom is -0.394 e. The maximum absolute atomic E-state index is 14.9. The van der Waals surface area contributed by atoms with Crippen LogP contribution in [0.1, 0.15) is 18.9 Å². The Labute approximate surface area is 240 Å². The van der Waals surface area contributed by atoms with Crippen molar-refractivity contribution in [2.45, 2.75) is 55.6 Å². The number of aliphatic hydroxyl groups is 2. The van der Waals surface area contributed by atoms with Crippen molar-refractivity contribution in [1.29, 1.82) is 5.26 Å². The van der Waals surface area contributed by atoms with Gasteiger partial charge in [0, 0.05) is 31.6 Å². The highest BCUT2D eigenvalue weighted by Crippen LogP contribution is 2.54. The molecule has 0 radical (unpaired) electrons. The first kappa shape index (κ1) is 32.0. The number of nitrogens with one attached hydrogen (secondary N) is 2. The first-order valence-corrected chi connectivity index (χ1v) is 14.9. The van der Waals surface area contributed by atoms with Crippen LogP contribution in [-0.4, -0.2) is 92.9 Å². The van der Waals surface area contributed by atoms with E-state index >= 15 is 0 Å². The molecular weight excluding hydrogens is 608 g/mol. The summed E-state index contributed by atoms with van der Waals surface area (Å²) < 4.78 is 50.8. The number of halogens is 1. The van der Waals surface area contributed by atoms with Gasteiger partial charge in [-0.15, -0.1) is 0 Å². The molecule has 0 bridgehead atoms. The van der Waals surface area contributed by atoms with E-state index in [0.29, 0.717) is 0 Å². The number of nitriles is 1. The average Bonchev–Trinajstić information content (AvgIpc) is 3.43. The molecule has 2 aromatic rings. The summed E-state index contributed by atoms with van der Waals surface area (Å²) in [6.07, 6.45) is -9.46. The summed E-state index contributed by atoms with van der Waals surface area (Å²) in [5.41, 5.74) is -3.15. The number of aromatic nitrogens is 4. The van der Waals surface area contributed by atoms with Crippen LogP contribution < -0.4 is 22.5 Å². The molecule has 230 valence electrons. The molecule has 0 amide bonds. The van der Waals surface area contributed by atoms with Crippen LogP contribution in [0.4, 0.5) is 4.39 Å². The Balaban J connectivity index is 1.54. The van der Waals surface area contributed by atoms with E-state index in [1.807, 2.05) is 11.1 Å². The smallest absolute Gasteiger partial charge is 0.330 e. The molecule has 17 nitrogen and oxygen atoms in total. The summed E-state index contributed by atoms with van der Waals surface area (Å²) in [6.45, 7) is -5.38. The minimum absolute atomic E-state index is 0.120. The molecule has 2 aliphatic rings. The Morgan fingerprint density at radius 2 is 1.64 bits per heavy atom. The highest BCUT2D eigenvalue weighted by atomic mass is 32.5. The lowest BCUT2D eigenvalue weighted by molar-refractivity contribution is -0.0625. The fraction of sp³-hybridized carbons (Fsp3) is 0.591. The van der Waals surface area contributed by atoms with Gasteiger partial charge < -0.3 is 33.5 Å². The zero-order chi connectivity index (χ0) is 30.6. The van der Waals surface area contributed by atoms with Crippen LogP contribution in [-0.2, 0) is 39.6 Å². The van der Waals surface area contributed by atoms with Crippen LogP contribution in [0.5, 0.6) is 0 Å². The number of H-pyrrole nitrogens is 2. The Bertz CT molecular complexity index is 1570.